The number of benzene rings is 3. The zero-order valence-corrected chi connectivity index (χ0v) is 17.7. The summed E-state index contributed by atoms with van der Waals surface area (Å²) in [5.74, 6) is -0.572. The van der Waals surface area contributed by atoms with Crippen LogP contribution in [0.4, 0.5) is 4.39 Å². The third-order valence-corrected chi connectivity index (χ3v) is 5.36. The maximum Gasteiger partial charge on any atom is 0.379 e. The Hall–Kier alpha value is -4.39. The van der Waals surface area contributed by atoms with Gasteiger partial charge >= 0.3 is 5.97 Å². The van der Waals surface area contributed by atoms with E-state index in [1.54, 1.807) is 49.4 Å². The van der Waals surface area contributed by atoms with Gasteiger partial charge in [-0.1, -0.05) is 30.3 Å². The fraction of sp³-hybridized carbons (Fsp3) is 0.0769. The zero-order chi connectivity index (χ0) is 23.1. The molecule has 4 aromatic rings. The first-order chi connectivity index (χ1) is 16.0. The number of carbonyl (C=O) groups excluding carboxylic acids is 2. The summed E-state index contributed by atoms with van der Waals surface area (Å²) in [5, 5.41) is 0.698. The number of para-hydroxylation sites is 1. The molecule has 0 saturated heterocycles. The smallest absolute Gasteiger partial charge is 0.379 e. The fourth-order valence-electron chi connectivity index (χ4n) is 3.66. The number of carbonyl (C=O) groups is 2. The number of allylic oxidation sites excluding steroid dienone is 1. The second kappa shape index (κ2) is 7.94. The summed E-state index contributed by atoms with van der Waals surface area (Å²) in [4.78, 5) is 25.5. The van der Waals surface area contributed by atoms with Crippen molar-refractivity contribution in [3.8, 4) is 17.2 Å². The van der Waals surface area contributed by atoms with Crippen molar-refractivity contribution in [2.24, 2.45) is 0 Å². The van der Waals surface area contributed by atoms with E-state index < -0.39 is 11.8 Å². The van der Waals surface area contributed by atoms with Gasteiger partial charge in [-0.15, -0.1) is 0 Å². The monoisotopic (exact) mass is 444 g/mol. The highest BCUT2D eigenvalue weighted by Crippen LogP contribution is 2.40. The molecule has 1 aliphatic heterocycles. The maximum absolute atomic E-state index is 14.0. The number of ketones is 1. The Morgan fingerprint density at radius 1 is 1.03 bits per heavy atom. The van der Waals surface area contributed by atoms with Crippen LogP contribution in [-0.4, -0.2) is 18.9 Å². The number of rotatable bonds is 4. The van der Waals surface area contributed by atoms with Gasteiger partial charge in [-0.2, -0.15) is 0 Å². The molecule has 6 nitrogen and oxygen atoms in total. The van der Waals surface area contributed by atoms with Crippen molar-refractivity contribution in [1.82, 2.24) is 0 Å². The van der Waals surface area contributed by atoms with Crippen molar-refractivity contribution >= 4 is 28.8 Å². The molecule has 0 saturated carbocycles. The summed E-state index contributed by atoms with van der Waals surface area (Å²) in [6, 6.07) is 16.0. The van der Waals surface area contributed by atoms with Crippen molar-refractivity contribution in [2.75, 3.05) is 7.11 Å². The molecule has 0 unspecified atom stereocenters. The van der Waals surface area contributed by atoms with Gasteiger partial charge in [0.15, 0.2) is 17.1 Å². The van der Waals surface area contributed by atoms with Gasteiger partial charge in [-0.05, 0) is 43.3 Å². The first kappa shape index (κ1) is 20.5. The van der Waals surface area contributed by atoms with Gasteiger partial charge in [0.25, 0.3) is 0 Å². The van der Waals surface area contributed by atoms with E-state index in [0.29, 0.717) is 27.8 Å². The molecule has 0 bridgehead atoms. The molecule has 0 N–H and O–H groups in total. The molecule has 7 heteroatoms. The van der Waals surface area contributed by atoms with Crippen molar-refractivity contribution < 1.29 is 32.6 Å². The van der Waals surface area contributed by atoms with Gasteiger partial charge in [-0.3, -0.25) is 4.79 Å². The highest BCUT2D eigenvalue weighted by molar-refractivity contribution is 6.15. The first-order valence-electron chi connectivity index (χ1n) is 10.1. The van der Waals surface area contributed by atoms with Gasteiger partial charge < -0.3 is 18.6 Å². The number of Topliss-reactive ketones (excluding diaryl/α,β-unsaturated/α-hetero) is 1. The van der Waals surface area contributed by atoms with Crippen LogP contribution in [0.25, 0.3) is 17.0 Å². The van der Waals surface area contributed by atoms with Gasteiger partial charge in [0.05, 0.1) is 12.7 Å². The lowest BCUT2D eigenvalue weighted by molar-refractivity contribution is 0.0702. The molecule has 0 amide bonds. The molecule has 0 atom stereocenters. The van der Waals surface area contributed by atoms with Gasteiger partial charge in [0.2, 0.25) is 11.5 Å². The lowest BCUT2D eigenvalue weighted by Crippen LogP contribution is -2.08. The number of hydrogen-bond donors (Lipinski definition) is 0. The molecule has 0 aliphatic carbocycles. The minimum Gasteiger partial charge on any atom is -0.493 e. The van der Waals surface area contributed by atoms with Crippen molar-refractivity contribution in [3.63, 3.8) is 0 Å². The highest BCUT2D eigenvalue weighted by Gasteiger charge is 2.31. The molecule has 33 heavy (non-hydrogen) atoms. The second-order valence-corrected chi connectivity index (χ2v) is 7.41. The van der Waals surface area contributed by atoms with Crippen LogP contribution in [0.5, 0.6) is 17.2 Å². The Balaban J connectivity index is 1.43. The summed E-state index contributed by atoms with van der Waals surface area (Å²) in [6.07, 6.45) is 1.35. The average Bonchev–Trinajstić information content (AvgIpc) is 3.39. The normalized spacial score (nSPS) is 13.8. The van der Waals surface area contributed by atoms with Crippen LogP contribution in [0.2, 0.25) is 0 Å². The number of methoxy groups -OCH3 is 1. The summed E-state index contributed by atoms with van der Waals surface area (Å²) < 4.78 is 36.1. The summed E-state index contributed by atoms with van der Waals surface area (Å²) in [7, 11) is 1.51. The second-order valence-electron chi connectivity index (χ2n) is 7.41. The third-order valence-electron chi connectivity index (χ3n) is 5.36. The van der Waals surface area contributed by atoms with Crippen LogP contribution in [0.3, 0.4) is 0 Å². The lowest BCUT2D eigenvalue weighted by atomic mass is 10.1. The summed E-state index contributed by atoms with van der Waals surface area (Å²) in [5.41, 5.74) is 1.44. The van der Waals surface area contributed by atoms with Crippen LogP contribution < -0.4 is 14.2 Å². The molecule has 1 aromatic heterocycles. The third kappa shape index (κ3) is 3.53. The lowest BCUT2D eigenvalue weighted by Gasteiger charge is -2.09. The standard InChI is InChI=1S/C26H17FO6/c1-14-19(33-26(29)22-13-16-7-5-9-20(30-2)25(16)32-22)11-10-17-23(28)21(31-24(14)17)12-15-6-3-4-8-18(15)27/h3-13H,1-2H3/b21-12-. The van der Waals surface area contributed by atoms with E-state index in [0.717, 1.165) is 0 Å². The van der Waals surface area contributed by atoms with Crippen molar-refractivity contribution in [1.29, 1.82) is 0 Å². The van der Waals surface area contributed by atoms with Gasteiger partial charge in [-0.25, -0.2) is 9.18 Å². The zero-order valence-electron chi connectivity index (χ0n) is 17.7. The number of halogens is 1. The highest BCUT2D eigenvalue weighted by atomic mass is 19.1. The largest absolute Gasteiger partial charge is 0.493 e. The Labute approximate surface area is 187 Å². The number of esters is 1. The first-order valence-corrected chi connectivity index (χ1v) is 10.1. The predicted molar refractivity (Wildman–Crippen MR) is 118 cm³/mol. The Morgan fingerprint density at radius 3 is 2.64 bits per heavy atom. The van der Waals surface area contributed by atoms with E-state index in [1.165, 1.54) is 31.4 Å². The molecule has 2 heterocycles. The van der Waals surface area contributed by atoms with Crippen molar-refractivity contribution in [2.45, 2.75) is 6.92 Å². The average molecular weight is 444 g/mol. The van der Waals surface area contributed by atoms with Crippen LogP contribution in [0, 0.1) is 12.7 Å². The molecule has 0 spiro atoms. The van der Waals surface area contributed by atoms with E-state index in [-0.39, 0.29) is 34.4 Å². The fourth-order valence-corrected chi connectivity index (χ4v) is 3.66. The molecular formula is C26H17FO6. The van der Waals surface area contributed by atoms with E-state index in [4.69, 9.17) is 18.6 Å². The maximum atomic E-state index is 14.0. The molecule has 3 aromatic carbocycles. The summed E-state index contributed by atoms with van der Waals surface area (Å²) >= 11 is 0. The molecule has 1 aliphatic rings. The predicted octanol–water partition coefficient (Wildman–Crippen LogP) is 5.72. The van der Waals surface area contributed by atoms with Crippen molar-refractivity contribution in [3.05, 3.63) is 94.7 Å². The minimum atomic E-state index is -0.706. The molecular weight excluding hydrogens is 427 g/mol. The van der Waals surface area contributed by atoms with E-state index in [9.17, 15) is 14.0 Å². The SMILES string of the molecule is COc1cccc2cc(C(=O)Oc3ccc4c(c3C)O/C(=C\c3ccccc3F)C4=O)oc12. The number of hydrogen-bond acceptors (Lipinski definition) is 6. The van der Waals surface area contributed by atoms with Crippen LogP contribution >= 0.6 is 0 Å². The number of furan rings is 1. The Kier molecular flexibility index (Phi) is 4.94. The quantitative estimate of drug-likeness (QED) is 0.228. The Morgan fingerprint density at radius 2 is 1.85 bits per heavy atom. The Bertz CT molecular complexity index is 1460. The van der Waals surface area contributed by atoms with E-state index >= 15 is 0 Å². The number of ether oxygens (including phenoxy) is 3. The number of fused-ring (bicyclic) bond motifs is 2. The molecule has 164 valence electrons. The molecule has 5 rings (SSSR count). The molecule has 0 radical (unpaired) electrons. The van der Waals surface area contributed by atoms with Gasteiger partial charge in [0, 0.05) is 16.5 Å². The van der Waals surface area contributed by atoms with Crippen LogP contribution in [-0.2, 0) is 0 Å². The summed E-state index contributed by atoms with van der Waals surface area (Å²) in [6.45, 7) is 1.67. The molecule has 0 fully saturated rings. The minimum absolute atomic E-state index is 0.00605. The van der Waals surface area contributed by atoms with E-state index in [2.05, 4.69) is 0 Å². The van der Waals surface area contributed by atoms with Crippen LogP contribution in [0.15, 0.2) is 70.8 Å². The van der Waals surface area contributed by atoms with Gasteiger partial charge in [0.1, 0.15) is 17.3 Å². The van der Waals surface area contributed by atoms with Crippen LogP contribution in [0.1, 0.15) is 32.0 Å². The topological polar surface area (TPSA) is 75.0 Å². The van der Waals surface area contributed by atoms with E-state index in [1.807, 2.05) is 0 Å².